The molecule has 2 aromatic rings. The summed E-state index contributed by atoms with van der Waals surface area (Å²) in [6.45, 7) is 4.28. The predicted octanol–water partition coefficient (Wildman–Crippen LogP) is 4.52. The Labute approximate surface area is 120 Å². The highest BCUT2D eigenvalue weighted by atomic mass is 127. The summed E-state index contributed by atoms with van der Waals surface area (Å²) in [4.78, 5) is 4.69. The highest BCUT2D eigenvalue weighted by molar-refractivity contribution is 14.1. The van der Waals surface area contributed by atoms with E-state index in [1.807, 2.05) is 6.92 Å². The van der Waals surface area contributed by atoms with Crippen LogP contribution in [-0.2, 0) is 0 Å². The molecule has 0 saturated heterocycles. The zero-order valence-electron chi connectivity index (χ0n) is 9.82. The van der Waals surface area contributed by atoms with Crippen LogP contribution in [0.3, 0.4) is 0 Å². The molecule has 0 radical (unpaired) electrons. The fraction of sp³-hybridized carbons (Fsp3) is 0.462. The van der Waals surface area contributed by atoms with E-state index < -0.39 is 0 Å². The van der Waals surface area contributed by atoms with Crippen molar-refractivity contribution in [1.82, 2.24) is 9.55 Å². The molecule has 0 amide bonds. The third-order valence-corrected chi connectivity index (χ3v) is 4.30. The van der Waals surface area contributed by atoms with Crippen LogP contribution in [0, 0.1) is 9.49 Å². The van der Waals surface area contributed by atoms with E-state index in [2.05, 4.69) is 52.3 Å². The molecule has 17 heavy (non-hydrogen) atoms. The number of nitrogens with zero attached hydrogens (tertiary/aromatic N) is 2. The number of rotatable bonds is 2. The molecule has 2 nitrogen and oxygen atoms in total. The number of halogens is 2. The Bertz CT molecular complexity index is 576. The number of imidazole rings is 1. The Morgan fingerprint density at radius 3 is 2.82 bits per heavy atom. The van der Waals surface area contributed by atoms with Gasteiger partial charge in [0.05, 0.1) is 16.4 Å². The first kappa shape index (κ1) is 11.8. The van der Waals surface area contributed by atoms with Crippen molar-refractivity contribution in [1.29, 1.82) is 0 Å². The number of benzene rings is 1. The van der Waals surface area contributed by atoms with Crippen molar-refractivity contribution in [2.45, 2.75) is 31.7 Å². The smallest absolute Gasteiger partial charge is 0.127 e. The summed E-state index contributed by atoms with van der Waals surface area (Å²) in [5, 5.41) is -0.0344. The third-order valence-electron chi connectivity index (χ3n) is 3.43. The van der Waals surface area contributed by atoms with Gasteiger partial charge in [0.15, 0.2) is 0 Å². The van der Waals surface area contributed by atoms with Crippen molar-refractivity contribution in [3.8, 4) is 0 Å². The number of fused-ring (bicyclic) bond motifs is 1. The fourth-order valence-corrected chi connectivity index (χ4v) is 3.01. The van der Waals surface area contributed by atoms with Crippen molar-refractivity contribution >= 4 is 45.2 Å². The van der Waals surface area contributed by atoms with E-state index >= 15 is 0 Å². The van der Waals surface area contributed by atoms with Crippen molar-refractivity contribution in [2.75, 3.05) is 0 Å². The second-order valence-electron chi connectivity index (χ2n) is 4.87. The predicted molar refractivity (Wildman–Crippen MR) is 79.5 cm³/mol. The van der Waals surface area contributed by atoms with Crippen molar-refractivity contribution in [3.05, 3.63) is 27.6 Å². The summed E-state index contributed by atoms with van der Waals surface area (Å²) < 4.78 is 3.56. The molecule has 0 aliphatic heterocycles. The molecule has 3 atom stereocenters. The molecule has 1 aromatic heterocycles. The van der Waals surface area contributed by atoms with Gasteiger partial charge in [-0.3, -0.25) is 0 Å². The molecule has 90 valence electrons. The third kappa shape index (κ3) is 1.97. The van der Waals surface area contributed by atoms with E-state index in [0.29, 0.717) is 6.04 Å². The lowest BCUT2D eigenvalue weighted by atomic mass is 10.3. The Morgan fingerprint density at radius 1 is 1.53 bits per heavy atom. The summed E-state index contributed by atoms with van der Waals surface area (Å²) >= 11 is 8.57. The van der Waals surface area contributed by atoms with E-state index in [-0.39, 0.29) is 5.38 Å². The maximum absolute atomic E-state index is 6.25. The van der Waals surface area contributed by atoms with Crippen LogP contribution in [0.5, 0.6) is 0 Å². The molecule has 1 heterocycles. The van der Waals surface area contributed by atoms with Gasteiger partial charge in [0.2, 0.25) is 0 Å². The van der Waals surface area contributed by atoms with E-state index in [0.717, 1.165) is 17.3 Å². The molecule has 4 heteroatoms. The standard InChI is InChI=1S/C13H14ClIN2/c1-7-5-12(7)17-11-4-3-9(15)6-10(11)16-13(17)8(2)14/h3-4,6-8,12H,5H2,1-2H3. The van der Waals surface area contributed by atoms with Crippen molar-refractivity contribution < 1.29 is 0 Å². The molecule has 0 spiro atoms. The monoisotopic (exact) mass is 360 g/mol. The first-order valence-corrected chi connectivity index (χ1v) is 7.41. The Kier molecular flexibility index (Phi) is 2.86. The molecule has 3 unspecified atom stereocenters. The quantitative estimate of drug-likeness (QED) is 0.569. The molecule has 0 bridgehead atoms. The minimum absolute atomic E-state index is 0.0344. The molecule has 1 aliphatic rings. The molecule has 0 N–H and O–H groups in total. The van der Waals surface area contributed by atoms with Crippen LogP contribution in [0.4, 0.5) is 0 Å². The van der Waals surface area contributed by atoms with Crippen LogP contribution < -0.4 is 0 Å². The Balaban J connectivity index is 2.24. The van der Waals surface area contributed by atoms with Gasteiger partial charge in [0, 0.05) is 9.61 Å². The molecule has 1 saturated carbocycles. The van der Waals surface area contributed by atoms with Gasteiger partial charge >= 0.3 is 0 Å². The maximum atomic E-state index is 6.25. The first-order chi connectivity index (χ1) is 8.08. The Morgan fingerprint density at radius 2 is 2.24 bits per heavy atom. The lowest BCUT2D eigenvalue weighted by Gasteiger charge is -2.09. The van der Waals surface area contributed by atoms with Gasteiger partial charge in [-0.05, 0) is 60.1 Å². The molecule has 1 aliphatic carbocycles. The second-order valence-corrected chi connectivity index (χ2v) is 6.77. The van der Waals surface area contributed by atoms with Crippen LogP contribution in [0.25, 0.3) is 11.0 Å². The average molecular weight is 361 g/mol. The van der Waals surface area contributed by atoms with E-state index in [1.54, 1.807) is 0 Å². The minimum Gasteiger partial charge on any atom is -0.323 e. The molecular weight excluding hydrogens is 347 g/mol. The normalized spacial score (nSPS) is 25.2. The van der Waals surface area contributed by atoms with Gasteiger partial charge in [0.25, 0.3) is 0 Å². The lowest BCUT2D eigenvalue weighted by Crippen LogP contribution is -2.03. The number of aromatic nitrogens is 2. The number of hydrogen-bond acceptors (Lipinski definition) is 1. The van der Waals surface area contributed by atoms with Crippen LogP contribution in [0.1, 0.15) is 37.5 Å². The van der Waals surface area contributed by atoms with E-state index in [9.17, 15) is 0 Å². The van der Waals surface area contributed by atoms with Gasteiger partial charge in [-0.2, -0.15) is 0 Å². The molecule has 1 aromatic carbocycles. The van der Waals surface area contributed by atoms with Gasteiger partial charge < -0.3 is 4.57 Å². The van der Waals surface area contributed by atoms with Gasteiger partial charge in [-0.1, -0.05) is 6.92 Å². The number of hydrogen-bond donors (Lipinski definition) is 0. The van der Waals surface area contributed by atoms with Crippen LogP contribution in [-0.4, -0.2) is 9.55 Å². The summed E-state index contributed by atoms with van der Waals surface area (Å²) in [7, 11) is 0. The maximum Gasteiger partial charge on any atom is 0.127 e. The van der Waals surface area contributed by atoms with Crippen LogP contribution in [0.15, 0.2) is 18.2 Å². The van der Waals surface area contributed by atoms with E-state index in [1.165, 1.54) is 15.5 Å². The van der Waals surface area contributed by atoms with Crippen LogP contribution in [0.2, 0.25) is 0 Å². The van der Waals surface area contributed by atoms with Gasteiger partial charge in [-0.15, -0.1) is 11.6 Å². The largest absolute Gasteiger partial charge is 0.323 e. The van der Waals surface area contributed by atoms with E-state index in [4.69, 9.17) is 16.6 Å². The summed E-state index contributed by atoms with van der Waals surface area (Å²) in [5.41, 5.74) is 2.29. The fourth-order valence-electron chi connectivity index (χ4n) is 2.38. The van der Waals surface area contributed by atoms with Crippen molar-refractivity contribution in [3.63, 3.8) is 0 Å². The molecular formula is C13H14ClIN2. The van der Waals surface area contributed by atoms with Crippen molar-refractivity contribution in [2.24, 2.45) is 5.92 Å². The zero-order valence-corrected chi connectivity index (χ0v) is 12.7. The summed E-state index contributed by atoms with van der Waals surface area (Å²) in [6.07, 6.45) is 1.24. The summed E-state index contributed by atoms with van der Waals surface area (Å²) in [5.74, 6) is 1.76. The molecule has 1 fully saturated rings. The van der Waals surface area contributed by atoms with Gasteiger partial charge in [-0.25, -0.2) is 4.98 Å². The Hall–Kier alpha value is -0.290. The minimum atomic E-state index is -0.0344. The average Bonchev–Trinajstić information content (AvgIpc) is 2.86. The lowest BCUT2D eigenvalue weighted by molar-refractivity contribution is 0.659. The highest BCUT2D eigenvalue weighted by Crippen LogP contribution is 2.46. The first-order valence-electron chi connectivity index (χ1n) is 5.89. The SMILES string of the molecule is CC(Cl)c1nc2cc(I)ccc2n1C1CC1C. The summed E-state index contributed by atoms with van der Waals surface area (Å²) in [6, 6.07) is 7.02. The second kappa shape index (κ2) is 4.12. The highest BCUT2D eigenvalue weighted by Gasteiger charge is 2.37. The van der Waals surface area contributed by atoms with Crippen LogP contribution >= 0.6 is 34.2 Å². The number of alkyl halides is 1. The zero-order chi connectivity index (χ0) is 12.2. The molecule has 3 rings (SSSR count). The van der Waals surface area contributed by atoms with Gasteiger partial charge in [0.1, 0.15) is 5.82 Å². The topological polar surface area (TPSA) is 17.8 Å².